The second-order valence-corrected chi connectivity index (χ2v) is 9.23. The van der Waals surface area contributed by atoms with Crippen LogP contribution in [0.4, 0.5) is 13.2 Å². The molecule has 0 bridgehead atoms. The molecule has 4 aromatic heterocycles. The molecule has 1 N–H and O–H groups in total. The van der Waals surface area contributed by atoms with Crippen molar-refractivity contribution in [3.8, 4) is 17.5 Å². The molecule has 0 aliphatic rings. The number of aromatic nitrogens is 6. The highest BCUT2D eigenvalue weighted by atomic mass is 32.2. The fourth-order valence-corrected chi connectivity index (χ4v) is 4.30. The summed E-state index contributed by atoms with van der Waals surface area (Å²) in [5.41, 5.74) is -1.24. The van der Waals surface area contributed by atoms with Gasteiger partial charge in [-0.15, -0.1) is 0 Å². The van der Waals surface area contributed by atoms with Gasteiger partial charge in [0.2, 0.25) is 0 Å². The van der Waals surface area contributed by atoms with Crippen LogP contribution in [0.5, 0.6) is 0 Å². The molecule has 0 aliphatic carbocycles. The molecular weight excluding hydrogens is 477 g/mol. The molecule has 4 aromatic rings. The second kappa shape index (κ2) is 8.06. The number of alkyl halides is 3. The normalized spacial score (nSPS) is 12.2. The van der Waals surface area contributed by atoms with Crippen molar-refractivity contribution < 1.29 is 26.4 Å². The minimum Gasteiger partial charge on any atom is -0.338 e. The molecule has 1 amide bonds. The van der Waals surface area contributed by atoms with E-state index in [1.807, 2.05) is 0 Å². The fraction of sp³-hybridized carbons (Fsp3) is 0.263. The monoisotopic (exact) mass is 492 g/mol. The molecule has 4 heterocycles. The Labute approximate surface area is 189 Å². The third-order valence-corrected chi connectivity index (χ3v) is 6.64. The number of nitrogens with zero attached hydrogens (tertiary/aromatic N) is 7. The first-order valence-electron chi connectivity index (χ1n) is 9.65. The van der Waals surface area contributed by atoms with Crippen molar-refractivity contribution in [2.24, 2.45) is 7.05 Å². The van der Waals surface area contributed by atoms with Crippen LogP contribution in [0.25, 0.3) is 28.1 Å². The van der Waals surface area contributed by atoms with Gasteiger partial charge in [-0.3, -0.25) is 4.79 Å². The third-order valence-electron chi connectivity index (χ3n) is 5.00. The molecule has 0 saturated carbocycles. The van der Waals surface area contributed by atoms with E-state index in [1.165, 1.54) is 30.8 Å². The number of pyridine rings is 1. The molecule has 0 unspecified atom stereocenters. The van der Waals surface area contributed by atoms with Crippen molar-refractivity contribution >= 4 is 32.4 Å². The Kier molecular flexibility index (Phi) is 5.48. The number of nitrogens with one attached hydrogen (secondary N) is 1. The minimum atomic E-state index is -4.69. The van der Waals surface area contributed by atoms with Crippen molar-refractivity contribution in [2.75, 3.05) is 12.3 Å². The van der Waals surface area contributed by atoms with Crippen LogP contribution in [0.1, 0.15) is 23.1 Å². The lowest BCUT2D eigenvalue weighted by atomic mass is 10.3. The molecule has 0 spiro atoms. The standard InChI is InChI=1S/C19H15F3N8O3S/c1-3-34(32,33)18-14(15-24-6-4-11(30(15)28-18)17(31)25-7-5-23)16-27-10-8-13(19(20,21)22)26-9-12(10)29(16)2/h4,6,8-9H,3,7H2,1-2H3,(H,25,31). The van der Waals surface area contributed by atoms with Gasteiger partial charge in [0.05, 0.1) is 29.1 Å². The summed E-state index contributed by atoms with van der Waals surface area (Å²) in [4.78, 5) is 24.3. The lowest BCUT2D eigenvalue weighted by Crippen LogP contribution is -2.26. The van der Waals surface area contributed by atoms with Crippen LogP contribution in [0.2, 0.25) is 0 Å². The Morgan fingerprint density at radius 1 is 1.29 bits per heavy atom. The minimum absolute atomic E-state index is 0.0276. The summed E-state index contributed by atoms with van der Waals surface area (Å²) in [6, 6.07) is 3.80. The van der Waals surface area contributed by atoms with Crippen molar-refractivity contribution in [2.45, 2.75) is 18.1 Å². The third kappa shape index (κ3) is 3.71. The van der Waals surface area contributed by atoms with E-state index in [0.29, 0.717) is 0 Å². The van der Waals surface area contributed by atoms with Gasteiger partial charge < -0.3 is 9.88 Å². The Morgan fingerprint density at radius 3 is 2.68 bits per heavy atom. The van der Waals surface area contributed by atoms with Crippen LogP contribution >= 0.6 is 0 Å². The van der Waals surface area contributed by atoms with E-state index in [0.717, 1.165) is 16.8 Å². The van der Waals surface area contributed by atoms with Gasteiger partial charge >= 0.3 is 6.18 Å². The number of carbonyl (C=O) groups excluding carboxylic acids is 1. The van der Waals surface area contributed by atoms with Crippen molar-refractivity contribution in [1.82, 2.24) is 34.4 Å². The number of aryl methyl sites for hydroxylation is 1. The van der Waals surface area contributed by atoms with E-state index in [9.17, 15) is 26.4 Å². The van der Waals surface area contributed by atoms with Crippen molar-refractivity contribution in [3.05, 3.63) is 35.9 Å². The summed E-state index contributed by atoms with van der Waals surface area (Å²) in [6.07, 6.45) is -2.46. The van der Waals surface area contributed by atoms with Gasteiger partial charge in [0.1, 0.15) is 29.3 Å². The van der Waals surface area contributed by atoms with E-state index >= 15 is 0 Å². The number of carbonyl (C=O) groups is 1. The zero-order valence-corrected chi connectivity index (χ0v) is 18.4. The predicted molar refractivity (Wildman–Crippen MR) is 111 cm³/mol. The molecule has 176 valence electrons. The van der Waals surface area contributed by atoms with E-state index in [1.54, 1.807) is 6.07 Å². The zero-order valence-electron chi connectivity index (χ0n) is 17.6. The molecule has 0 aliphatic heterocycles. The average Bonchev–Trinajstić information content (AvgIpc) is 3.34. The topological polar surface area (TPSA) is 148 Å². The SMILES string of the molecule is CCS(=O)(=O)c1nn2c(C(=O)NCC#N)ccnc2c1-c1nc2cc(C(F)(F)F)ncc2n1C. The summed E-state index contributed by atoms with van der Waals surface area (Å²) in [5, 5.41) is 14.7. The Hall–Kier alpha value is -4.06. The highest BCUT2D eigenvalue weighted by Gasteiger charge is 2.34. The van der Waals surface area contributed by atoms with Gasteiger partial charge in [-0.2, -0.15) is 23.5 Å². The van der Waals surface area contributed by atoms with Gasteiger partial charge in [-0.25, -0.2) is 27.9 Å². The van der Waals surface area contributed by atoms with Gasteiger partial charge in [0.25, 0.3) is 5.91 Å². The van der Waals surface area contributed by atoms with Crippen LogP contribution in [0.3, 0.4) is 0 Å². The highest BCUT2D eigenvalue weighted by molar-refractivity contribution is 7.91. The number of sulfone groups is 1. The molecule has 11 nitrogen and oxygen atoms in total. The number of amides is 1. The predicted octanol–water partition coefficient (Wildman–Crippen LogP) is 1.74. The Balaban J connectivity index is 2.04. The first kappa shape index (κ1) is 23.1. The smallest absolute Gasteiger partial charge is 0.338 e. The zero-order chi connectivity index (χ0) is 24.8. The summed E-state index contributed by atoms with van der Waals surface area (Å²) >= 11 is 0. The molecule has 0 radical (unpaired) electrons. The van der Waals surface area contributed by atoms with E-state index in [-0.39, 0.29) is 46.1 Å². The fourth-order valence-electron chi connectivity index (χ4n) is 3.33. The van der Waals surface area contributed by atoms with Crippen LogP contribution < -0.4 is 5.32 Å². The molecule has 0 saturated heterocycles. The first-order chi connectivity index (χ1) is 16.0. The van der Waals surface area contributed by atoms with Crippen molar-refractivity contribution in [1.29, 1.82) is 5.26 Å². The number of fused-ring (bicyclic) bond motifs is 2. The number of rotatable bonds is 5. The van der Waals surface area contributed by atoms with Gasteiger partial charge in [-0.1, -0.05) is 6.92 Å². The van der Waals surface area contributed by atoms with Gasteiger partial charge in [0, 0.05) is 13.2 Å². The maximum absolute atomic E-state index is 13.1. The maximum Gasteiger partial charge on any atom is 0.433 e. The summed E-state index contributed by atoms with van der Waals surface area (Å²) in [6.45, 7) is 1.10. The number of nitriles is 1. The van der Waals surface area contributed by atoms with Crippen LogP contribution in [0.15, 0.2) is 29.6 Å². The van der Waals surface area contributed by atoms with E-state index in [4.69, 9.17) is 5.26 Å². The molecule has 34 heavy (non-hydrogen) atoms. The van der Waals surface area contributed by atoms with Crippen LogP contribution in [-0.4, -0.2) is 55.8 Å². The number of hydrogen-bond acceptors (Lipinski definition) is 8. The number of imidazole rings is 1. The molecule has 0 atom stereocenters. The number of halogens is 3. The maximum atomic E-state index is 13.1. The van der Waals surface area contributed by atoms with Crippen LogP contribution in [0, 0.1) is 11.3 Å². The van der Waals surface area contributed by atoms with Crippen LogP contribution in [-0.2, 0) is 23.1 Å². The van der Waals surface area contributed by atoms with Gasteiger partial charge in [-0.05, 0) is 12.1 Å². The summed E-state index contributed by atoms with van der Waals surface area (Å²) in [7, 11) is -2.51. The molecule has 15 heteroatoms. The largest absolute Gasteiger partial charge is 0.433 e. The lowest BCUT2D eigenvalue weighted by molar-refractivity contribution is -0.141. The second-order valence-electron chi connectivity index (χ2n) is 7.04. The molecule has 0 aromatic carbocycles. The van der Waals surface area contributed by atoms with E-state index in [2.05, 4.69) is 25.4 Å². The summed E-state index contributed by atoms with van der Waals surface area (Å²) in [5.74, 6) is -1.07. The van der Waals surface area contributed by atoms with E-state index < -0.39 is 32.6 Å². The average molecular weight is 492 g/mol. The molecular formula is C19H15F3N8O3S. The number of hydrogen-bond donors (Lipinski definition) is 1. The lowest BCUT2D eigenvalue weighted by Gasteiger charge is -2.05. The molecule has 4 rings (SSSR count). The Bertz CT molecular complexity index is 1600. The summed E-state index contributed by atoms with van der Waals surface area (Å²) < 4.78 is 67.5. The van der Waals surface area contributed by atoms with Gasteiger partial charge in [0.15, 0.2) is 20.5 Å². The molecule has 0 fully saturated rings. The highest BCUT2D eigenvalue weighted by Crippen LogP contribution is 2.34. The Morgan fingerprint density at radius 2 is 2.03 bits per heavy atom. The van der Waals surface area contributed by atoms with Crippen molar-refractivity contribution in [3.63, 3.8) is 0 Å². The quantitative estimate of drug-likeness (QED) is 0.414. The first-order valence-corrected chi connectivity index (χ1v) is 11.3.